The summed E-state index contributed by atoms with van der Waals surface area (Å²) in [4.78, 5) is 16.7. The molecule has 0 saturated carbocycles. The maximum Gasteiger partial charge on any atom is 0.160 e. The number of Topliss-reactive ketones (excluding diaryl/α,β-unsaturated/α-hetero) is 1. The number of halogens is 1. The van der Waals surface area contributed by atoms with Crippen LogP contribution in [0, 0.1) is 12.7 Å². The second-order valence-corrected chi connectivity index (χ2v) is 5.86. The van der Waals surface area contributed by atoms with E-state index in [0.29, 0.717) is 12.2 Å². The standard InChI is InChI=1S/C20H18FNO2/c1-12-8-16(13(2)23)18-10-17(14-4-6-15(21)7-5-14)20(11-24-3)22-19(18)9-12/h4-10H,11H2,1-3H3. The summed E-state index contributed by atoms with van der Waals surface area (Å²) in [6.07, 6.45) is 0. The maximum atomic E-state index is 13.2. The fraction of sp³-hybridized carbons (Fsp3) is 0.200. The van der Waals surface area contributed by atoms with Gasteiger partial charge in [0, 0.05) is 23.6 Å². The van der Waals surface area contributed by atoms with Crippen LogP contribution in [0.15, 0.2) is 42.5 Å². The average Bonchev–Trinajstić information content (AvgIpc) is 2.54. The first-order valence-corrected chi connectivity index (χ1v) is 7.69. The van der Waals surface area contributed by atoms with Crippen LogP contribution in [-0.2, 0) is 11.3 Å². The van der Waals surface area contributed by atoms with Crippen molar-refractivity contribution in [3.05, 3.63) is 65.1 Å². The number of fused-ring (bicyclic) bond motifs is 1. The highest BCUT2D eigenvalue weighted by Gasteiger charge is 2.14. The Kier molecular flexibility index (Phi) is 4.40. The normalized spacial score (nSPS) is 11.0. The smallest absolute Gasteiger partial charge is 0.160 e. The lowest BCUT2D eigenvalue weighted by Gasteiger charge is -2.13. The van der Waals surface area contributed by atoms with Gasteiger partial charge < -0.3 is 4.74 Å². The first kappa shape index (κ1) is 16.3. The van der Waals surface area contributed by atoms with Gasteiger partial charge in [0.05, 0.1) is 17.8 Å². The van der Waals surface area contributed by atoms with Crippen LogP contribution < -0.4 is 0 Å². The zero-order valence-corrected chi connectivity index (χ0v) is 13.9. The molecule has 0 radical (unpaired) electrons. The summed E-state index contributed by atoms with van der Waals surface area (Å²) in [5.74, 6) is -0.295. The molecule has 0 aliphatic heterocycles. The molecule has 0 saturated heterocycles. The Morgan fingerprint density at radius 1 is 1.17 bits per heavy atom. The molecule has 1 aromatic heterocycles. The highest BCUT2D eigenvalue weighted by atomic mass is 19.1. The molecule has 0 amide bonds. The van der Waals surface area contributed by atoms with Gasteiger partial charge in [0.1, 0.15) is 5.82 Å². The average molecular weight is 323 g/mol. The van der Waals surface area contributed by atoms with Gasteiger partial charge in [-0.15, -0.1) is 0 Å². The highest BCUT2D eigenvalue weighted by molar-refractivity contribution is 6.07. The number of benzene rings is 2. The van der Waals surface area contributed by atoms with Gasteiger partial charge in [-0.05, 0) is 55.3 Å². The molecule has 0 unspecified atom stereocenters. The Balaban J connectivity index is 2.32. The molecule has 2 aromatic carbocycles. The van der Waals surface area contributed by atoms with E-state index in [0.717, 1.165) is 33.3 Å². The minimum Gasteiger partial charge on any atom is -0.378 e. The Hall–Kier alpha value is -2.59. The van der Waals surface area contributed by atoms with Gasteiger partial charge in [0.15, 0.2) is 5.78 Å². The molecule has 122 valence electrons. The molecule has 24 heavy (non-hydrogen) atoms. The fourth-order valence-electron chi connectivity index (χ4n) is 2.87. The van der Waals surface area contributed by atoms with Gasteiger partial charge >= 0.3 is 0 Å². The second kappa shape index (κ2) is 6.49. The quantitative estimate of drug-likeness (QED) is 0.653. The number of hydrogen-bond donors (Lipinski definition) is 0. The van der Waals surface area contributed by atoms with E-state index in [2.05, 4.69) is 0 Å². The van der Waals surface area contributed by atoms with E-state index in [9.17, 15) is 9.18 Å². The highest BCUT2D eigenvalue weighted by Crippen LogP contribution is 2.30. The fourth-order valence-corrected chi connectivity index (χ4v) is 2.87. The molecular formula is C20H18FNO2. The van der Waals surface area contributed by atoms with Crippen molar-refractivity contribution in [2.24, 2.45) is 0 Å². The third-order valence-electron chi connectivity index (χ3n) is 3.97. The number of methoxy groups -OCH3 is 1. The van der Waals surface area contributed by atoms with Crippen molar-refractivity contribution in [2.75, 3.05) is 7.11 Å². The summed E-state index contributed by atoms with van der Waals surface area (Å²) in [5.41, 5.74) is 4.83. The number of ketones is 1. The number of pyridine rings is 1. The summed E-state index contributed by atoms with van der Waals surface area (Å²) < 4.78 is 18.5. The van der Waals surface area contributed by atoms with Gasteiger partial charge in [-0.1, -0.05) is 12.1 Å². The third-order valence-corrected chi connectivity index (χ3v) is 3.97. The molecule has 0 fully saturated rings. The number of carbonyl (C=O) groups excluding carboxylic acids is 1. The summed E-state index contributed by atoms with van der Waals surface area (Å²) in [5, 5.41) is 0.798. The molecule has 0 aliphatic carbocycles. The lowest BCUT2D eigenvalue weighted by atomic mass is 9.96. The van der Waals surface area contributed by atoms with Crippen LogP contribution in [0.2, 0.25) is 0 Å². The van der Waals surface area contributed by atoms with Crippen LogP contribution in [0.4, 0.5) is 4.39 Å². The number of aromatic nitrogens is 1. The first-order chi connectivity index (χ1) is 11.5. The number of aryl methyl sites for hydroxylation is 1. The number of ether oxygens (including phenoxy) is 1. The largest absolute Gasteiger partial charge is 0.378 e. The predicted molar refractivity (Wildman–Crippen MR) is 92.6 cm³/mol. The first-order valence-electron chi connectivity index (χ1n) is 7.69. The minimum absolute atomic E-state index is 0.00459. The van der Waals surface area contributed by atoms with E-state index in [1.165, 1.54) is 12.1 Å². The Bertz CT molecular complexity index is 917. The lowest BCUT2D eigenvalue weighted by Crippen LogP contribution is -2.01. The zero-order valence-electron chi connectivity index (χ0n) is 13.9. The summed E-state index contributed by atoms with van der Waals surface area (Å²) in [7, 11) is 1.61. The molecule has 0 bridgehead atoms. The van der Waals surface area contributed by atoms with E-state index in [1.807, 2.05) is 25.1 Å². The van der Waals surface area contributed by atoms with E-state index in [-0.39, 0.29) is 11.6 Å². The van der Waals surface area contributed by atoms with Crippen molar-refractivity contribution in [3.8, 4) is 11.1 Å². The molecule has 0 N–H and O–H groups in total. The monoisotopic (exact) mass is 323 g/mol. The van der Waals surface area contributed by atoms with Crippen LogP contribution in [0.25, 0.3) is 22.0 Å². The number of rotatable bonds is 4. The Labute approximate surface area is 140 Å². The molecule has 3 rings (SSSR count). The number of nitrogens with zero attached hydrogens (tertiary/aromatic N) is 1. The van der Waals surface area contributed by atoms with Crippen molar-refractivity contribution >= 4 is 16.7 Å². The van der Waals surface area contributed by atoms with Crippen LogP contribution >= 0.6 is 0 Å². The summed E-state index contributed by atoms with van der Waals surface area (Å²) >= 11 is 0. The minimum atomic E-state index is -0.291. The van der Waals surface area contributed by atoms with Crippen molar-refractivity contribution in [1.29, 1.82) is 0 Å². The van der Waals surface area contributed by atoms with E-state index >= 15 is 0 Å². The summed E-state index contributed by atoms with van der Waals surface area (Å²) in [6.45, 7) is 3.83. The third kappa shape index (κ3) is 3.05. The zero-order chi connectivity index (χ0) is 17.3. The molecule has 1 heterocycles. The van der Waals surface area contributed by atoms with E-state index < -0.39 is 0 Å². The predicted octanol–water partition coefficient (Wildman–Crippen LogP) is 4.70. The van der Waals surface area contributed by atoms with Crippen molar-refractivity contribution in [1.82, 2.24) is 4.98 Å². The second-order valence-electron chi connectivity index (χ2n) is 5.86. The SMILES string of the molecule is COCc1nc2cc(C)cc(C(C)=O)c2cc1-c1ccc(F)cc1. The van der Waals surface area contributed by atoms with E-state index in [4.69, 9.17) is 9.72 Å². The van der Waals surface area contributed by atoms with Gasteiger partial charge in [0.2, 0.25) is 0 Å². The molecular weight excluding hydrogens is 305 g/mol. The number of carbonyl (C=O) groups is 1. The van der Waals surface area contributed by atoms with Crippen molar-refractivity contribution in [2.45, 2.75) is 20.5 Å². The van der Waals surface area contributed by atoms with Gasteiger partial charge in [-0.3, -0.25) is 4.79 Å². The molecule has 4 heteroatoms. The lowest BCUT2D eigenvalue weighted by molar-refractivity contribution is 0.101. The summed E-state index contributed by atoms with van der Waals surface area (Å²) in [6, 6.07) is 12.0. The van der Waals surface area contributed by atoms with E-state index in [1.54, 1.807) is 26.2 Å². The Morgan fingerprint density at radius 2 is 1.88 bits per heavy atom. The van der Waals surface area contributed by atoms with Crippen LogP contribution in [-0.4, -0.2) is 17.9 Å². The van der Waals surface area contributed by atoms with Gasteiger partial charge in [0.25, 0.3) is 0 Å². The van der Waals surface area contributed by atoms with Gasteiger partial charge in [-0.25, -0.2) is 9.37 Å². The molecule has 3 nitrogen and oxygen atoms in total. The van der Waals surface area contributed by atoms with Crippen LogP contribution in [0.5, 0.6) is 0 Å². The molecule has 0 spiro atoms. The van der Waals surface area contributed by atoms with Crippen LogP contribution in [0.1, 0.15) is 28.5 Å². The van der Waals surface area contributed by atoms with Crippen molar-refractivity contribution < 1.29 is 13.9 Å². The van der Waals surface area contributed by atoms with Gasteiger partial charge in [-0.2, -0.15) is 0 Å². The molecule has 0 aliphatic rings. The Morgan fingerprint density at radius 3 is 2.50 bits per heavy atom. The molecule has 3 aromatic rings. The van der Waals surface area contributed by atoms with Crippen LogP contribution in [0.3, 0.4) is 0 Å². The maximum absolute atomic E-state index is 13.2. The van der Waals surface area contributed by atoms with Crippen molar-refractivity contribution in [3.63, 3.8) is 0 Å². The topological polar surface area (TPSA) is 39.2 Å². The number of hydrogen-bond acceptors (Lipinski definition) is 3. The molecule has 0 atom stereocenters.